The molecule has 3 aromatic rings. The van der Waals surface area contributed by atoms with Crippen molar-refractivity contribution >= 4 is 23.3 Å². The molecule has 1 aliphatic rings. The standard InChI is InChI=1S/C23H21ClN2O3/c1-28-23(27)19-8-10-25-14-21(19)26-13-16-9-11-29-22-12-15(6-7-18(16)22)17-4-2-3-5-20(17)24/h2-8,10,12,14,16,26H,9,11,13H2,1H3/t16-/m0/s1. The maximum absolute atomic E-state index is 12.0. The molecule has 0 bridgehead atoms. The molecule has 0 fully saturated rings. The maximum atomic E-state index is 12.0. The van der Waals surface area contributed by atoms with E-state index >= 15 is 0 Å². The highest BCUT2D eigenvalue weighted by molar-refractivity contribution is 6.33. The van der Waals surface area contributed by atoms with Gasteiger partial charge in [-0.1, -0.05) is 41.9 Å². The topological polar surface area (TPSA) is 60.5 Å². The average Bonchev–Trinajstić information content (AvgIpc) is 2.77. The van der Waals surface area contributed by atoms with Crippen molar-refractivity contribution in [2.24, 2.45) is 0 Å². The zero-order valence-electron chi connectivity index (χ0n) is 16.0. The number of esters is 1. The molecule has 0 amide bonds. The molecule has 0 saturated heterocycles. The van der Waals surface area contributed by atoms with Gasteiger partial charge in [-0.05, 0) is 35.7 Å². The quantitative estimate of drug-likeness (QED) is 0.590. The summed E-state index contributed by atoms with van der Waals surface area (Å²) in [6, 6.07) is 15.7. The fraction of sp³-hybridized carbons (Fsp3) is 0.217. The molecule has 1 aliphatic heterocycles. The Bertz CT molecular complexity index is 1040. The number of rotatable bonds is 5. The van der Waals surface area contributed by atoms with Gasteiger partial charge in [0.1, 0.15) is 5.75 Å². The molecular weight excluding hydrogens is 388 g/mol. The number of carbonyl (C=O) groups excluding carboxylic acids is 1. The second-order valence-electron chi connectivity index (χ2n) is 6.86. The van der Waals surface area contributed by atoms with Crippen molar-refractivity contribution in [1.29, 1.82) is 0 Å². The van der Waals surface area contributed by atoms with Crippen molar-refractivity contribution in [3.05, 3.63) is 77.1 Å². The van der Waals surface area contributed by atoms with Crippen molar-refractivity contribution in [1.82, 2.24) is 4.98 Å². The summed E-state index contributed by atoms with van der Waals surface area (Å²) in [5.41, 5.74) is 4.30. The molecule has 29 heavy (non-hydrogen) atoms. The molecule has 0 spiro atoms. The van der Waals surface area contributed by atoms with Gasteiger partial charge in [-0.2, -0.15) is 0 Å². The van der Waals surface area contributed by atoms with Gasteiger partial charge < -0.3 is 14.8 Å². The highest BCUT2D eigenvalue weighted by atomic mass is 35.5. The number of nitrogens with one attached hydrogen (secondary N) is 1. The molecule has 1 aromatic heterocycles. The largest absolute Gasteiger partial charge is 0.493 e. The monoisotopic (exact) mass is 408 g/mol. The number of ether oxygens (including phenoxy) is 2. The highest BCUT2D eigenvalue weighted by Crippen LogP contribution is 2.38. The van der Waals surface area contributed by atoms with Crippen LogP contribution in [-0.2, 0) is 4.74 Å². The Morgan fingerprint density at radius 3 is 2.97 bits per heavy atom. The molecule has 148 valence electrons. The number of pyridine rings is 1. The van der Waals surface area contributed by atoms with E-state index in [4.69, 9.17) is 21.1 Å². The Balaban J connectivity index is 1.55. The van der Waals surface area contributed by atoms with Crippen LogP contribution in [0.5, 0.6) is 5.75 Å². The fourth-order valence-electron chi connectivity index (χ4n) is 3.59. The van der Waals surface area contributed by atoms with Crippen LogP contribution < -0.4 is 10.1 Å². The molecular formula is C23H21ClN2O3. The van der Waals surface area contributed by atoms with E-state index in [-0.39, 0.29) is 11.9 Å². The molecule has 2 heterocycles. The summed E-state index contributed by atoms with van der Waals surface area (Å²) >= 11 is 6.35. The minimum absolute atomic E-state index is 0.254. The third kappa shape index (κ3) is 4.05. The lowest BCUT2D eigenvalue weighted by Crippen LogP contribution is -2.21. The summed E-state index contributed by atoms with van der Waals surface area (Å²) in [5, 5.41) is 4.07. The molecule has 6 heteroatoms. The number of halogens is 1. The van der Waals surface area contributed by atoms with Crippen LogP contribution in [0, 0.1) is 0 Å². The van der Waals surface area contributed by atoms with Gasteiger partial charge in [0.15, 0.2) is 0 Å². The van der Waals surface area contributed by atoms with Gasteiger partial charge in [0, 0.05) is 29.2 Å². The van der Waals surface area contributed by atoms with Gasteiger partial charge in [-0.15, -0.1) is 0 Å². The molecule has 0 radical (unpaired) electrons. The van der Waals surface area contributed by atoms with Gasteiger partial charge in [0.05, 0.1) is 31.2 Å². The molecule has 4 rings (SSSR count). The van der Waals surface area contributed by atoms with E-state index in [1.54, 1.807) is 18.5 Å². The van der Waals surface area contributed by atoms with E-state index in [2.05, 4.69) is 22.4 Å². The predicted octanol–water partition coefficient (Wildman–Crippen LogP) is 5.17. The Morgan fingerprint density at radius 2 is 2.14 bits per heavy atom. The smallest absolute Gasteiger partial charge is 0.340 e. The van der Waals surface area contributed by atoms with E-state index in [9.17, 15) is 4.79 Å². The number of anilines is 1. The van der Waals surface area contributed by atoms with Gasteiger partial charge >= 0.3 is 5.97 Å². The number of aromatic nitrogens is 1. The molecule has 5 nitrogen and oxygen atoms in total. The number of hydrogen-bond acceptors (Lipinski definition) is 5. The van der Waals surface area contributed by atoms with Gasteiger partial charge in [0.25, 0.3) is 0 Å². The lowest BCUT2D eigenvalue weighted by atomic mass is 9.91. The van der Waals surface area contributed by atoms with Crippen molar-refractivity contribution in [3.8, 4) is 16.9 Å². The lowest BCUT2D eigenvalue weighted by Gasteiger charge is -2.27. The first kappa shape index (κ1) is 19.3. The van der Waals surface area contributed by atoms with Crippen LogP contribution in [0.1, 0.15) is 28.3 Å². The number of benzene rings is 2. The molecule has 0 aliphatic carbocycles. The first-order valence-corrected chi connectivity index (χ1v) is 9.83. The van der Waals surface area contributed by atoms with E-state index in [0.717, 1.165) is 28.9 Å². The third-order valence-corrected chi connectivity index (χ3v) is 5.46. The second-order valence-corrected chi connectivity index (χ2v) is 7.27. The van der Waals surface area contributed by atoms with Crippen molar-refractivity contribution in [2.75, 3.05) is 25.6 Å². The van der Waals surface area contributed by atoms with Crippen LogP contribution in [0.2, 0.25) is 5.02 Å². The SMILES string of the molecule is COC(=O)c1ccncc1NC[C@@H]1CCOc2cc(-c3ccccc3Cl)ccc21. The molecule has 2 aromatic carbocycles. The lowest BCUT2D eigenvalue weighted by molar-refractivity contribution is 0.0601. The van der Waals surface area contributed by atoms with Crippen LogP contribution >= 0.6 is 11.6 Å². The van der Waals surface area contributed by atoms with E-state index in [1.807, 2.05) is 30.3 Å². The Hall–Kier alpha value is -3.05. The van der Waals surface area contributed by atoms with Gasteiger partial charge in [-0.25, -0.2) is 4.79 Å². The fourth-order valence-corrected chi connectivity index (χ4v) is 3.84. The van der Waals surface area contributed by atoms with Crippen LogP contribution in [0.4, 0.5) is 5.69 Å². The molecule has 0 unspecified atom stereocenters. The highest BCUT2D eigenvalue weighted by Gasteiger charge is 2.23. The number of methoxy groups -OCH3 is 1. The minimum Gasteiger partial charge on any atom is -0.493 e. The normalized spacial score (nSPS) is 15.2. The van der Waals surface area contributed by atoms with Gasteiger partial charge in [0.2, 0.25) is 0 Å². The number of hydrogen-bond donors (Lipinski definition) is 1. The number of fused-ring (bicyclic) bond motifs is 1. The summed E-state index contributed by atoms with van der Waals surface area (Å²) in [7, 11) is 1.37. The third-order valence-electron chi connectivity index (χ3n) is 5.13. The number of nitrogens with zero attached hydrogens (tertiary/aromatic N) is 1. The Labute approximate surface area is 174 Å². The number of carbonyl (C=O) groups is 1. The summed E-state index contributed by atoms with van der Waals surface area (Å²) < 4.78 is 10.8. The van der Waals surface area contributed by atoms with Gasteiger partial charge in [-0.3, -0.25) is 4.98 Å². The van der Waals surface area contributed by atoms with Crippen molar-refractivity contribution in [3.63, 3.8) is 0 Å². The molecule has 1 N–H and O–H groups in total. The van der Waals surface area contributed by atoms with E-state index < -0.39 is 0 Å². The average molecular weight is 409 g/mol. The first-order valence-electron chi connectivity index (χ1n) is 9.45. The summed E-state index contributed by atoms with van der Waals surface area (Å²) in [4.78, 5) is 16.1. The summed E-state index contributed by atoms with van der Waals surface area (Å²) in [6.07, 6.45) is 4.11. The molecule has 1 atom stereocenters. The van der Waals surface area contributed by atoms with Crippen LogP contribution in [0.15, 0.2) is 60.9 Å². The Kier molecular flexibility index (Phi) is 5.67. The van der Waals surface area contributed by atoms with Crippen LogP contribution in [0.3, 0.4) is 0 Å². The van der Waals surface area contributed by atoms with Crippen LogP contribution in [-0.4, -0.2) is 31.2 Å². The van der Waals surface area contributed by atoms with E-state index in [0.29, 0.717) is 29.4 Å². The zero-order chi connectivity index (χ0) is 20.2. The zero-order valence-corrected chi connectivity index (χ0v) is 16.8. The second kappa shape index (κ2) is 8.53. The van der Waals surface area contributed by atoms with Crippen LogP contribution in [0.25, 0.3) is 11.1 Å². The maximum Gasteiger partial charge on any atom is 0.340 e. The first-order chi connectivity index (χ1) is 14.2. The minimum atomic E-state index is -0.383. The van der Waals surface area contributed by atoms with Crippen molar-refractivity contribution < 1.29 is 14.3 Å². The summed E-state index contributed by atoms with van der Waals surface area (Å²) in [6.45, 7) is 1.31. The predicted molar refractivity (Wildman–Crippen MR) is 114 cm³/mol. The van der Waals surface area contributed by atoms with Crippen molar-refractivity contribution in [2.45, 2.75) is 12.3 Å². The summed E-state index contributed by atoms with van der Waals surface area (Å²) in [5.74, 6) is 0.747. The Morgan fingerprint density at radius 1 is 1.28 bits per heavy atom. The van der Waals surface area contributed by atoms with E-state index in [1.165, 1.54) is 7.11 Å². The molecule has 0 saturated carbocycles.